The van der Waals surface area contributed by atoms with Gasteiger partial charge in [0.25, 0.3) is 0 Å². The van der Waals surface area contributed by atoms with E-state index in [9.17, 15) is 0 Å². The highest BCUT2D eigenvalue weighted by molar-refractivity contribution is 3.94. The van der Waals surface area contributed by atoms with E-state index in [4.69, 9.17) is 1.37 Å². The summed E-state index contributed by atoms with van der Waals surface area (Å²) in [4.78, 5) is 0. The molecule has 0 aliphatic carbocycles. The maximum absolute atomic E-state index is 6.48. The summed E-state index contributed by atoms with van der Waals surface area (Å²) in [6.45, 7) is 0.927. The Hall–Kier alpha value is -0.0400. The maximum atomic E-state index is 6.48. The Balaban J connectivity index is 2.19. The molecule has 0 spiro atoms. The molecule has 1 nitrogen and oxygen atoms in total. The number of hydrogen-bond acceptors (Lipinski definition) is 1. The van der Waals surface area contributed by atoms with E-state index in [1.807, 2.05) is 0 Å². The first-order valence-corrected chi connectivity index (χ1v) is 1.20. The average molecular weight is 62.1 g/mol. The van der Waals surface area contributed by atoms with Crippen LogP contribution in [0.4, 0.5) is 0 Å². The first kappa shape index (κ1) is 2.21. The van der Waals surface area contributed by atoms with Gasteiger partial charge < -0.3 is 4.74 Å². The van der Waals surface area contributed by atoms with Gasteiger partial charge in [-0.2, -0.15) is 0 Å². The zero-order chi connectivity index (χ0) is 4.12. The van der Waals surface area contributed by atoms with Gasteiger partial charge in [-0.3, -0.25) is 0 Å². The molecule has 0 aromatic carbocycles. The van der Waals surface area contributed by atoms with Crippen molar-refractivity contribution in [3.05, 3.63) is 0 Å². The maximum Gasteiger partial charge on any atom is 0.0433 e. The van der Waals surface area contributed by atoms with Crippen LogP contribution in [-0.4, -0.2) is 13.7 Å². The Morgan fingerprint density at radius 3 is 3.00 bits per heavy atom. The molecule has 0 fully saturated rings. The summed E-state index contributed by atoms with van der Waals surface area (Å²) < 4.78 is 11.0. The molecule has 0 rings (SSSR count). The molecule has 0 atom stereocenters. The number of methoxy groups -OCH3 is 1. The van der Waals surface area contributed by atoms with Gasteiger partial charge in [0.2, 0.25) is 0 Å². The quantitative estimate of drug-likeness (QED) is 0.433. The monoisotopic (exact) mass is 62.1 g/mol. The van der Waals surface area contributed by atoms with E-state index in [1.165, 1.54) is 0 Å². The minimum atomic E-state index is 0.372. The van der Waals surface area contributed by atoms with Gasteiger partial charge in [-0.15, -0.1) is 0 Å². The normalized spacial score (nSPS) is 10.8. The van der Waals surface area contributed by atoms with E-state index in [0.29, 0.717) is 13.5 Å². The summed E-state index contributed by atoms with van der Waals surface area (Å²) in [6.07, 6.45) is 0. The van der Waals surface area contributed by atoms with E-state index in [1.54, 1.807) is 7.11 Å². The second-order valence-corrected chi connectivity index (χ2v) is 0.493. The Kier molecular flexibility index (Phi) is 1.64. The summed E-state index contributed by atoms with van der Waals surface area (Å²) in [6, 6.07) is 0. The lowest BCUT2D eigenvalue weighted by molar-refractivity contribution is 0.215. The average Bonchev–Trinajstić information content (AvgIpc) is 1.41. The molecule has 0 bridgehead atoms. The van der Waals surface area contributed by atoms with Crippen LogP contribution in [-0.2, 0) is 4.74 Å². The number of hydrogen-bond donors (Lipinski definition) is 0. The van der Waals surface area contributed by atoms with Gasteiger partial charge in [0.15, 0.2) is 0 Å². The lowest BCUT2D eigenvalue weighted by Gasteiger charge is -1.76. The summed E-state index contributed by atoms with van der Waals surface area (Å²) >= 11 is 0. The smallest absolute Gasteiger partial charge is 0.0433 e. The molecule has 0 unspecified atom stereocenters. The van der Waals surface area contributed by atoms with Gasteiger partial charge in [-0.1, -0.05) is 0 Å². The molecule has 26 valence electrons. The molecule has 0 saturated heterocycles. The Morgan fingerprint density at radius 1 is 2.25 bits per heavy atom. The number of rotatable bonds is 1. The van der Waals surface area contributed by atoms with Crippen molar-refractivity contribution in [3.63, 3.8) is 0 Å². The molecule has 0 saturated carbocycles. The van der Waals surface area contributed by atoms with Crippen molar-refractivity contribution in [3.8, 4) is 0 Å². The fourth-order valence-electron chi connectivity index (χ4n) is 0. The lowest BCUT2D eigenvalue weighted by atomic mass is 10.9. The van der Waals surface area contributed by atoms with Crippen molar-refractivity contribution in [2.45, 2.75) is 6.90 Å². The van der Waals surface area contributed by atoms with Gasteiger partial charge >= 0.3 is 0 Å². The molecule has 0 aromatic heterocycles. The first-order chi connectivity index (χ1) is 2.41. The SMILES string of the molecule is [3H]CCOC. The van der Waals surface area contributed by atoms with Crippen molar-refractivity contribution in [1.29, 1.82) is 0 Å². The van der Waals surface area contributed by atoms with Gasteiger partial charge in [0.05, 0.1) is 0 Å². The second-order valence-electron chi connectivity index (χ2n) is 0.493. The zero-order valence-corrected chi connectivity index (χ0v) is 2.82. The van der Waals surface area contributed by atoms with Gasteiger partial charge in [0, 0.05) is 15.1 Å². The first-order valence-electron chi connectivity index (χ1n) is 1.90. The summed E-state index contributed by atoms with van der Waals surface area (Å²) in [5.41, 5.74) is 0. The highest BCUT2D eigenvalue weighted by atomic mass is 16.5. The summed E-state index contributed by atoms with van der Waals surface area (Å²) in [5.74, 6) is 0. The fraction of sp³-hybridized carbons (Fsp3) is 1.00. The minimum Gasteiger partial charge on any atom is -0.385 e. The van der Waals surface area contributed by atoms with Crippen molar-refractivity contribution < 1.29 is 6.11 Å². The van der Waals surface area contributed by atoms with Crippen LogP contribution >= 0.6 is 0 Å². The van der Waals surface area contributed by atoms with Crippen molar-refractivity contribution in [1.82, 2.24) is 0 Å². The molecule has 0 heterocycles. The van der Waals surface area contributed by atoms with Gasteiger partial charge in [-0.05, 0) is 6.90 Å². The highest BCUT2D eigenvalue weighted by Crippen LogP contribution is 1.52. The molecule has 0 amide bonds. The lowest BCUT2D eigenvalue weighted by Crippen LogP contribution is -1.73. The van der Waals surface area contributed by atoms with E-state index in [0.717, 1.165) is 0 Å². The molecular weight excluding hydrogens is 52.0 g/mol. The van der Waals surface area contributed by atoms with E-state index < -0.39 is 0 Å². The Morgan fingerprint density at radius 2 is 3.00 bits per heavy atom. The molecule has 0 N–H and O–H groups in total. The van der Waals surface area contributed by atoms with Gasteiger partial charge in [-0.25, -0.2) is 0 Å². The van der Waals surface area contributed by atoms with Crippen LogP contribution in [0.5, 0.6) is 0 Å². The Labute approximate surface area is 28.0 Å². The molecular formula is C3H8O. The van der Waals surface area contributed by atoms with Crippen LogP contribution in [0.2, 0.25) is 0 Å². The third-order valence-electron chi connectivity index (χ3n) is 0.204. The van der Waals surface area contributed by atoms with Crippen molar-refractivity contribution in [2.75, 3.05) is 13.7 Å². The highest BCUT2D eigenvalue weighted by Gasteiger charge is 1.51. The van der Waals surface area contributed by atoms with Crippen LogP contribution in [0.1, 0.15) is 8.27 Å². The summed E-state index contributed by atoms with van der Waals surface area (Å²) in [5, 5.41) is 0. The molecule has 0 aromatic rings. The minimum absolute atomic E-state index is 0.372. The third-order valence-corrected chi connectivity index (χ3v) is 0.204. The van der Waals surface area contributed by atoms with E-state index in [-0.39, 0.29) is 0 Å². The molecule has 0 aliphatic heterocycles. The van der Waals surface area contributed by atoms with Crippen LogP contribution in [0.15, 0.2) is 0 Å². The topological polar surface area (TPSA) is 9.23 Å². The predicted octanol–water partition coefficient (Wildman–Crippen LogP) is 0.653. The molecule has 0 aliphatic rings. The van der Waals surface area contributed by atoms with Crippen LogP contribution in [0, 0.1) is 0 Å². The van der Waals surface area contributed by atoms with Gasteiger partial charge in [0.1, 0.15) is 0 Å². The van der Waals surface area contributed by atoms with Crippen molar-refractivity contribution in [2.24, 2.45) is 0 Å². The molecule has 4 heavy (non-hydrogen) atoms. The predicted molar refractivity (Wildman–Crippen MR) is 17.6 cm³/mol. The van der Waals surface area contributed by atoms with Crippen LogP contribution in [0.3, 0.4) is 0 Å². The standard InChI is InChI=1S/C3H8O/c1-3-4-2/h3H2,1-2H3/i1T. The third kappa shape index (κ3) is 1.96. The van der Waals surface area contributed by atoms with E-state index >= 15 is 0 Å². The van der Waals surface area contributed by atoms with Crippen LogP contribution < -0.4 is 0 Å². The van der Waals surface area contributed by atoms with Crippen LogP contribution in [0.25, 0.3) is 0 Å². The molecule has 0 radical (unpaired) electrons. The summed E-state index contributed by atoms with van der Waals surface area (Å²) in [7, 11) is 1.59. The fourth-order valence-corrected chi connectivity index (χ4v) is 0. The van der Waals surface area contributed by atoms with E-state index in [2.05, 4.69) is 4.74 Å². The van der Waals surface area contributed by atoms with Crippen molar-refractivity contribution >= 4 is 0 Å². The largest absolute Gasteiger partial charge is 0.385 e. The zero-order valence-electron chi connectivity index (χ0n) is 3.82. The molecule has 1 heteroatoms. The number of ether oxygens (including phenoxy) is 1. The Bertz CT molecular complexity index is 14.4. The second kappa shape index (κ2) is 2.96.